The molecule has 3 aromatic heterocycles. The summed E-state index contributed by atoms with van der Waals surface area (Å²) in [6.45, 7) is 6.03. The Labute approximate surface area is 225 Å². The second-order valence-corrected chi connectivity index (χ2v) is 11.4. The van der Waals surface area contributed by atoms with Gasteiger partial charge in [-0.2, -0.15) is 0 Å². The third kappa shape index (κ3) is 8.07. The molecule has 0 aliphatic heterocycles. The number of pyridine rings is 1. The normalized spacial score (nSPS) is 14.3. The number of rotatable bonds is 5. The van der Waals surface area contributed by atoms with Crippen LogP contribution in [0.4, 0.5) is 15.0 Å². The summed E-state index contributed by atoms with van der Waals surface area (Å²) in [7, 11) is 1.49. The number of anilines is 1. The molecule has 0 aromatic carbocycles. The van der Waals surface area contributed by atoms with Crippen molar-refractivity contribution in [2.24, 2.45) is 11.7 Å². The van der Waals surface area contributed by atoms with Crippen molar-refractivity contribution in [1.82, 2.24) is 18.9 Å². The number of nitrogens with zero attached hydrogens (tertiary/aromatic N) is 4. The van der Waals surface area contributed by atoms with Gasteiger partial charge in [0.15, 0.2) is 23.1 Å². The minimum Gasteiger partial charge on any atom is -0.444 e. The number of primary amides is 1. The summed E-state index contributed by atoms with van der Waals surface area (Å²) in [5.74, 6) is 0.860. The maximum atomic E-state index is 14.3. The molecule has 1 fully saturated rings. The molecule has 1 aliphatic carbocycles. The van der Waals surface area contributed by atoms with Crippen molar-refractivity contribution in [3.8, 4) is 11.4 Å². The van der Waals surface area contributed by atoms with E-state index in [2.05, 4.69) is 46.2 Å². The van der Waals surface area contributed by atoms with Crippen molar-refractivity contribution in [3.05, 3.63) is 35.5 Å². The number of nitrogens with one attached hydrogen (secondary N) is 1. The summed E-state index contributed by atoms with van der Waals surface area (Å²) in [5, 5.41) is 4.58. The van der Waals surface area contributed by atoms with Crippen molar-refractivity contribution in [2.75, 3.05) is 11.9 Å². The molecule has 35 heavy (non-hydrogen) atoms. The van der Waals surface area contributed by atoms with Gasteiger partial charge < -0.3 is 15.8 Å². The lowest BCUT2D eigenvalue weighted by Gasteiger charge is -2.22. The van der Waals surface area contributed by atoms with E-state index in [-0.39, 0.29) is 5.82 Å². The molecule has 1 saturated carbocycles. The van der Waals surface area contributed by atoms with E-state index < -0.39 is 17.5 Å². The van der Waals surface area contributed by atoms with Gasteiger partial charge in [-0.25, -0.2) is 24.1 Å². The zero-order valence-corrected chi connectivity index (χ0v) is 23.6. The fourth-order valence-electron chi connectivity index (χ4n) is 3.84. The maximum Gasteiger partial charge on any atom is 0.405 e. The number of carbonyl (C=O) groups excluding carboxylic acids is 1. The van der Waals surface area contributed by atoms with E-state index in [9.17, 15) is 9.18 Å². The number of halogens is 3. The third-order valence-electron chi connectivity index (χ3n) is 5.33. The first-order valence-corrected chi connectivity index (χ1v) is 15.0. The highest BCUT2D eigenvalue weighted by Gasteiger charge is 2.18. The van der Waals surface area contributed by atoms with E-state index in [1.54, 1.807) is 27.0 Å². The number of hydrogen-bond acceptors (Lipinski definition) is 7. The Kier molecular flexibility index (Phi) is 9.82. The summed E-state index contributed by atoms with van der Waals surface area (Å²) in [6.07, 6.45) is 10.2. The van der Waals surface area contributed by atoms with Crippen molar-refractivity contribution in [3.63, 3.8) is 0 Å². The topological polar surface area (TPSA) is 108 Å². The molecule has 1 aliphatic rings. The Morgan fingerprint density at radius 2 is 2.03 bits per heavy atom. The van der Waals surface area contributed by atoms with Crippen LogP contribution in [0.5, 0.6) is 0 Å². The molecule has 3 aromatic rings. The minimum absolute atomic E-state index is 0.253. The smallest absolute Gasteiger partial charge is 0.405 e. The van der Waals surface area contributed by atoms with Gasteiger partial charge in [-0.3, -0.25) is 3.97 Å². The average Bonchev–Trinajstić information content (AvgIpc) is 3.16. The van der Waals surface area contributed by atoms with Gasteiger partial charge in [0.05, 0.1) is 11.2 Å². The molecule has 0 radical (unpaired) electrons. The van der Waals surface area contributed by atoms with E-state index in [1.807, 2.05) is 16.2 Å². The molecule has 190 valence electrons. The summed E-state index contributed by atoms with van der Waals surface area (Å²) in [5.41, 5.74) is 5.82. The Hall–Kier alpha value is -1.86. The molecule has 3 N–H and O–H groups in total. The van der Waals surface area contributed by atoms with Gasteiger partial charge in [0, 0.05) is 60.2 Å². The first kappa shape index (κ1) is 27.7. The molecule has 0 spiro atoms. The van der Waals surface area contributed by atoms with Crippen LogP contribution in [0.2, 0.25) is 5.02 Å². The van der Waals surface area contributed by atoms with Crippen molar-refractivity contribution >= 4 is 64.9 Å². The predicted octanol–water partition coefficient (Wildman–Crippen LogP) is 7.00. The highest BCUT2D eigenvalue weighted by molar-refractivity contribution is 14.2. The second kappa shape index (κ2) is 12.4. The molecular formula is C23H29ClFIN6O2S. The Morgan fingerprint density at radius 1 is 1.31 bits per heavy atom. The molecule has 12 heteroatoms. The second-order valence-electron chi connectivity index (χ2n) is 9.27. The van der Waals surface area contributed by atoms with Crippen LogP contribution in [0.1, 0.15) is 52.9 Å². The van der Waals surface area contributed by atoms with Crippen molar-refractivity contribution < 1.29 is 13.9 Å². The first-order chi connectivity index (χ1) is 16.6. The van der Waals surface area contributed by atoms with Gasteiger partial charge in [-0.15, -0.1) is 0 Å². The van der Waals surface area contributed by atoms with E-state index in [1.165, 1.54) is 47.4 Å². The first-order valence-electron chi connectivity index (χ1n) is 11.3. The molecule has 3 heterocycles. The number of ether oxygens (including phenoxy) is 1. The minimum atomic E-state index is -0.725. The lowest BCUT2D eigenvalue weighted by molar-refractivity contribution is 0.0600. The molecule has 1 amide bonds. The Bertz CT molecular complexity index is 1170. The Morgan fingerprint density at radius 3 is 2.63 bits per heavy atom. The summed E-state index contributed by atoms with van der Waals surface area (Å²) in [4.78, 5) is 23.1. The van der Waals surface area contributed by atoms with Crippen molar-refractivity contribution in [1.29, 1.82) is 0 Å². The monoisotopic (exact) mass is 634 g/mol. The average molecular weight is 635 g/mol. The quantitative estimate of drug-likeness (QED) is 0.291. The van der Waals surface area contributed by atoms with Gasteiger partial charge in [0.25, 0.3) is 0 Å². The third-order valence-corrected chi connectivity index (χ3v) is 7.23. The number of aromatic nitrogens is 4. The van der Waals surface area contributed by atoms with E-state index in [0.717, 1.165) is 23.1 Å². The fraction of sp³-hybridized carbons (Fsp3) is 0.478. The molecular weight excluding hydrogens is 606 g/mol. The van der Waals surface area contributed by atoms with E-state index >= 15 is 0 Å². The van der Waals surface area contributed by atoms with Crippen LogP contribution in [-0.4, -0.2) is 37.2 Å². The molecule has 8 nitrogen and oxygen atoms in total. The highest BCUT2D eigenvalue weighted by Crippen LogP contribution is 2.34. The summed E-state index contributed by atoms with van der Waals surface area (Å²) < 4.78 is 20.8. The van der Waals surface area contributed by atoms with E-state index in [4.69, 9.17) is 17.3 Å². The molecule has 0 unspecified atom stereocenters. The number of hydrogen-bond donors (Lipinski definition) is 2. The molecule has 0 bridgehead atoms. The number of fused-ring (bicyclic) bond motifs is 1. The van der Waals surface area contributed by atoms with Crippen LogP contribution in [0.25, 0.3) is 22.4 Å². The van der Waals surface area contributed by atoms with Gasteiger partial charge in [0.2, 0.25) is 0 Å². The zero-order valence-electron chi connectivity index (χ0n) is 19.9. The fourth-order valence-corrected chi connectivity index (χ4v) is 5.25. The zero-order chi connectivity index (χ0) is 25.6. The lowest BCUT2D eigenvalue weighted by atomic mass is 9.89. The van der Waals surface area contributed by atoms with Gasteiger partial charge in [-0.05, 0) is 45.6 Å². The number of amides is 1. The number of nitrogens with two attached hydrogens (primary N) is 1. The lowest BCUT2D eigenvalue weighted by Crippen LogP contribution is -2.27. The van der Waals surface area contributed by atoms with Gasteiger partial charge in [0.1, 0.15) is 5.60 Å². The molecule has 0 atom stereocenters. The maximum absolute atomic E-state index is 14.3. The van der Waals surface area contributed by atoms with E-state index in [0.29, 0.717) is 16.8 Å². The van der Waals surface area contributed by atoms with Crippen LogP contribution < -0.4 is 11.1 Å². The van der Waals surface area contributed by atoms with Crippen LogP contribution in [0.3, 0.4) is 0 Å². The summed E-state index contributed by atoms with van der Waals surface area (Å²) >= 11 is 8.32. The summed E-state index contributed by atoms with van der Waals surface area (Å²) in [6, 6.07) is 1.84. The van der Waals surface area contributed by atoms with Gasteiger partial charge >= 0.3 is 6.09 Å². The highest BCUT2D eigenvalue weighted by atomic mass is 127. The van der Waals surface area contributed by atoms with Crippen LogP contribution in [0.15, 0.2) is 24.7 Å². The Balaban J connectivity index is 0.000000371. The van der Waals surface area contributed by atoms with Crippen molar-refractivity contribution in [2.45, 2.75) is 58.5 Å². The van der Waals surface area contributed by atoms with Crippen LogP contribution in [-0.2, 0) is 4.74 Å². The van der Waals surface area contributed by atoms with Crippen LogP contribution in [0, 0.1) is 11.7 Å². The molecule has 4 rings (SSSR count). The SMILES string of the molecule is CC(C)(C)OC(N)=O.Fc1cnc(-c2cn(SI)c3ncc(Cl)cc23)nc1NCC1CCCCC1. The van der Waals surface area contributed by atoms with Gasteiger partial charge in [-0.1, -0.05) is 30.9 Å². The van der Waals surface area contributed by atoms with Crippen LogP contribution >= 0.6 is 41.9 Å². The number of carbonyl (C=O) groups is 1. The standard InChI is InChI=1S/C18H18ClFIN5S.C5H11NO2/c19-12-6-13-14(10-26(27-21)18(13)24-8-12)16-23-9-15(20)17(25-16)22-7-11-4-2-1-3-5-11;1-5(2,3)8-4(6)7/h6,8-11H,1-5,7H2,(H,22,23,25);1-3H3,(H2,6,7). The molecule has 0 saturated heterocycles. The predicted molar refractivity (Wildman–Crippen MR) is 148 cm³/mol. The largest absolute Gasteiger partial charge is 0.444 e.